The molecule has 2 nitrogen and oxygen atoms in total. The fourth-order valence-corrected chi connectivity index (χ4v) is 4.16. The van der Waals surface area contributed by atoms with E-state index >= 15 is 0 Å². The van der Waals surface area contributed by atoms with Crippen LogP contribution in [0.25, 0.3) is 5.57 Å². The molecule has 1 fully saturated rings. The number of methoxy groups -OCH3 is 1. The molecule has 2 atom stereocenters. The Kier molecular flexibility index (Phi) is 4.30. The van der Waals surface area contributed by atoms with Crippen LogP contribution in [-0.4, -0.2) is 24.1 Å². The van der Waals surface area contributed by atoms with Gasteiger partial charge in [0.05, 0.1) is 7.11 Å². The average molecular weight is 341 g/mol. The van der Waals surface area contributed by atoms with Gasteiger partial charge < -0.3 is 4.74 Å². The first-order valence-corrected chi connectivity index (χ1v) is 8.69. The molecule has 2 aliphatic heterocycles. The van der Waals surface area contributed by atoms with E-state index in [1.165, 1.54) is 18.7 Å². The SMILES string of the molecule is COc1c(F)cc(F)cc1C1=CC2CCC(C1)N2Cc1ccccc1. The van der Waals surface area contributed by atoms with Crippen LogP contribution in [0.15, 0.2) is 48.5 Å². The predicted molar refractivity (Wildman–Crippen MR) is 94.3 cm³/mol. The maximum absolute atomic E-state index is 14.0. The second-order valence-corrected chi connectivity index (χ2v) is 6.82. The van der Waals surface area contributed by atoms with E-state index in [0.29, 0.717) is 17.6 Å². The molecule has 0 saturated carbocycles. The fraction of sp³-hybridized carbons (Fsp3) is 0.333. The van der Waals surface area contributed by atoms with Crippen molar-refractivity contribution in [1.82, 2.24) is 4.90 Å². The van der Waals surface area contributed by atoms with Gasteiger partial charge in [-0.05, 0) is 36.5 Å². The molecule has 2 unspecified atom stereocenters. The Bertz CT molecular complexity index is 803. The Balaban J connectivity index is 1.64. The highest BCUT2D eigenvalue weighted by atomic mass is 19.1. The van der Waals surface area contributed by atoms with Crippen molar-refractivity contribution in [2.75, 3.05) is 7.11 Å². The highest BCUT2D eigenvalue weighted by molar-refractivity contribution is 5.73. The van der Waals surface area contributed by atoms with Gasteiger partial charge in [-0.3, -0.25) is 4.90 Å². The molecule has 2 heterocycles. The second-order valence-electron chi connectivity index (χ2n) is 6.82. The van der Waals surface area contributed by atoms with Crippen LogP contribution in [0.5, 0.6) is 5.75 Å². The van der Waals surface area contributed by atoms with Crippen molar-refractivity contribution in [3.63, 3.8) is 0 Å². The molecule has 4 heteroatoms. The summed E-state index contributed by atoms with van der Waals surface area (Å²) in [5, 5.41) is 0. The van der Waals surface area contributed by atoms with Gasteiger partial charge in [-0.15, -0.1) is 0 Å². The van der Waals surface area contributed by atoms with Gasteiger partial charge in [0.15, 0.2) is 11.6 Å². The molecule has 4 rings (SSSR count). The third-order valence-corrected chi connectivity index (χ3v) is 5.31. The zero-order valence-electron chi connectivity index (χ0n) is 14.2. The number of halogens is 2. The molecule has 130 valence electrons. The molecule has 0 aromatic heterocycles. The summed E-state index contributed by atoms with van der Waals surface area (Å²) in [4.78, 5) is 2.50. The lowest BCUT2D eigenvalue weighted by Crippen LogP contribution is -2.37. The van der Waals surface area contributed by atoms with Crippen molar-refractivity contribution in [2.24, 2.45) is 0 Å². The van der Waals surface area contributed by atoms with Gasteiger partial charge in [0.25, 0.3) is 0 Å². The molecule has 25 heavy (non-hydrogen) atoms. The fourth-order valence-electron chi connectivity index (χ4n) is 4.16. The van der Waals surface area contributed by atoms with Crippen molar-refractivity contribution >= 4 is 5.57 Å². The molecule has 0 radical (unpaired) electrons. The Morgan fingerprint density at radius 2 is 1.92 bits per heavy atom. The van der Waals surface area contributed by atoms with Gasteiger partial charge in [-0.25, -0.2) is 8.78 Å². The van der Waals surface area contributed by atoms with E-state index in [1.807, 2.05) is 6.07 Å². The van der Waals surface area contributed by atoms with E-state index < -0.39 is 11.6 Å². The number of nitrogens with zero attached hydrogens (tertiary/aromatic N) is 1. The van der Waals surface area contributed by atoms with Crippen LogP contribution in [-0.2, 0) is 6.54 Å². The molecule has 2 aromatic rings. The lowest BCUT2D eigenvalue weighted by Gasteiger charge is -2.34. The monoisotopic (exact) mass is 341 g/mol. The summed E-state index contributed by atoms with van der Waals surface area (Å²) in [6.45, 7) is 0.911. The lowest BCUT2D eigenvalue weighted by molar-refractivity contribution is 0.203. The van der Waals surface area contributed by atoms with Crippen molar-refractivity contribution in [3.8, 4) is 5.75 Å². The number of hydrogen-bond donors (Lipinski definition) is 0. The van der Waals surface area contributed by atoms with Crippen LogP contribution < -0.4 is 4.74 Å². The van der Waals surface area contributed by atoms with Crippen molar-refractivity contribution in [1.29, 1.82) is 0 Å². The third-order valence-electron chi connectivity index (χ3n) is 5.31. The average Bonchev–Trinajstić information content (AvgIpc) is 2.83. The standard InChI is InChI=1S/C21H21F2NO/c1-25-21-19(11-16(22)12-20(21)23)15-9-17-7-8-18(10-15)24(17)13-14-5-3-2-4-6-14/h2-6,9,11-12,17-18H,7-8,10,13H2,1H3. The summed E-state index contributed by atoms with van der Waals surface area (Å²) < 4.78 is 33.0. The van der Waals surface area contributed by atoms with E-state index in [0.717, 1.165) is 37.4 Å². The van der Waals surface area contributed by atoms with Gasteiger partial charge in [-0.2, -0.15) is 0 Å². The van der Waals surface area contributed by atoms with Crippen LogP contribution in [0.3, 0.4) is 0 Å². The number of hydrogen-bond acceptors (Lipinski definition) is 2. The van der Waals surface area contributed by atoms with E-state index in [2.05, 4.69) is 35.2 Å². The first kappa shape index (κ1) is 16.3. The summed E-state index contributed by atoms with van der Waals surface area (Å²) in [5.41, 5.74) is 2.84. The van der Waals surface area contributed by atoms with Crippen molar-refractivity contribution < 1.29 is 13.5 Å². The van der Waals surface area contributed by atoms with Crippen LogP contribution in [0.1, 0.15) is 30.4 Å². The second kappa shape index (κ2) is 6.60. The summed E-state index contributed by atoms with van der Waals surface area (Å²) in [7, 11) is 1.43. The number of rotatable bonds is 4. The summed E-state index contributed by atoms with van der Waals surface area (Å²) in [6.07, 6.45) is 5.16. The van der Waals surface area contributed by atoms with Crippen LogP contribution in [0, 0.1) is 11.6 Å². The molecule has 0 amide bonds. The molecule has 1 saturated heterocycles. The topological polar surface area (TPSA) is 12.5 Å². The largest absolute Gasteiger partial charge is 0.493 e. The molecular formula is C21H21F2NO. The van der Waals surface area contributed by atoms with Gasteiger partial charge in [-0.1, -0.05) is 36.4 Å². The van der Waals surface area contributed by atoms with Gasteiger partial charge in [0, 0.05) is 30.3 Å². The first-order valence-electron chi connectivity index (χ1n) is 8.69. The van der Waals surface area contributed by atoms with Crippen molar-refractivity contribution in [3.05, 3.63) is 71.3 Å². The molecule has 0 spiro atoms. The van der Waals surface area contributed by atoms with Gasteiger partial charge >= 0.3 is 0 Å². The minimum atomic E-state index is -0.641. The smallest absolute Gasteiger partial charge is 0.168 e. The lowest BCUT2D eigenvalue weighted by atomic mass is 9.93. The Labute approximate surface area is 146 Å². The van der Waals surface area contributed by atoms with Crippen LogP contribution in [0.2, 0.25) is 0 Å². The molecule has 2 aromatic carbocycles. The maximum Gasteiger partial charge on any atom is 0.168 e. The molecule has 0 aliphatic carbocycles. The highest BCUT2D eigenvalue weighted by Gasteiger charge is 2.37. The Morgan fingerprint density at radius 3 is 2.64 bits per heavy atom. The van der Waals surface area contributed by atoms with Gasteiger partial charge in [0.1, 0.15) is 5.82 Å². The van der Waals surface area contributed by atoms with Crippen LogP contribution >= 0.6 is 0 Å². The zero-order valence-corrected chi connectivity index (χ0v) is 14.2. The summed E-state index contributed by atoms with van der Waals surface area (Å²) in [5.74, 6) is -1.06. The Hall–Kier alpha value is -2.20. The molecule has 0 N–H and O–H groups in total. The van der Waals surface area contributed by atoms with Gasteiger partial charge in [0.2, 0.25) is 0 Å². The molecular weight excluding hydrogens is 320 g/mol. The summed E-state index contributed by atoms with van der Waals surface area (Å²) >= 11 is 0. The number of benzene rings is 2. The highest BCUT2D eigenvalue weighted by Crippen LogP contribution is 2.42. The number of ether oxygens (including phenoxy) is 1. The van der Waals surface area contributed by atoms with Crippen LogP contribution in [0.4, 0.5) is 8.78 Å². The quantitative estimate of drug-likeness (QED) is 0.792. The minimum Gasteiger partial charge on any atom is -0.493 e. The minimum absolute atomic E-state index is 0.142. The normalized spacial score (nSPS) is 22.8. The van der Waals surface area contributed by atoms with Crippen molar-refractivity contribution in [2.45, 2.75) is 37.9 Å². The molecule has 2 aliphatic rings. The first-order chi connectivity index (χ1) is 12.2. The van der Waals surface area contributed by atoms with E-state index in [4.69, 9.17) is 4.74 Å². The zero-order chi connectivity index (χ0) is 17.4. The maximum atomic E-state index is 14.0. The number of fused-ring (bicyclic) bond motifs is 2. The third kappa shape index (κ3) is 3.07. The Morgan fingerprint density at radius 1 is 1.12 bits per heavy atom. The van der Waals surface area contributed by atoms with E-state index in [9.17, 15) is 8.78 Å². The summed E-state index contributed by atoms with van der Waals surface area (Å²) in [6, 6.07) is 13.4. The predicted octanol–water partition coefficient (Wildman–Crippen LogP) is 4.79. The van der Waals surface area contributed by atoms with E-state index in [1.54, 1.807) is 0 Å². The van der Waals surface area contributed by atoms with E-state index in [-0.39, 0.29) is 5.75 Å². The molecule has 2 bridgehead atoms.